The van der Waals surface area contributed by atoms with E-state index in [1.165, 1.54) is 30.7 Å². The zero-order chi connectivity index (χ0) is 11.5. The summed E-state index contributed by atoms with van der Waals surface area (Å²) in [5, 5.41) is 11.8. The highest BCUT2D eigenvalue weighted by Crippen LogP contribution is 2.23. The third-order valence-electron chi connectivity index (χ3n) is 2.07. The van der Waals surface area contributed by atoms with Crippen molar-refractivity contribution in [3.8, 4) is 5.75 Å². The maximum Gasteiger partial charge on any atom is 0.258 e. The fraction of sp³-hybridized carbons (Fsp3) is 0. The number of carbonyl (C=O) groups is 1. The number of rotatable bonds is 2. The molecule has 1 amide bonds. The van der Waals surface area contributed by atoms with E-state index in [0.717, 1.165) is 0 Å². The van der Waals surface area contributed by atoms with Crippen LogP contribution in [-0.4, -0.2) is 11.0 Å². The average Bonchev–Trinajstić information content (AvgIpc) is 2.75. The van der Waals surface area contributed by atoms with Crippen molar-refractivity contribution in [2.24, 2.45) is 0 Å². The van der Waals surface area contributed by atoms with Crippen LogP contribution in [0.3, 0.4) is 0 Å². The predicted octanol–water partition coefficient (Wildman–Crippen LogP) is 1.82. The van der Waals surface area contributed by atoms with E-state index in [9.17, 15) is 4.79 Å². The molecule has 0 unspecified atom stereocenters. The third kappa shape index (κ3) is 1.98. The van der Waals surface area contributed by atoms with Crippen LogP contribution >= 0.6 is 0 Å². The van der Waals surface area contributed by atoms with Crippen molar-refractivity contribution in [3.63, 3.8) is 0 Å². The summed E-state index contributed by atoms with van der Waals surface area (Å²) in [5.74, 6) is -0.259. The molecule has 1 aromatic carbocycles. The van der Waals surface area contributed by atoms with Crippen molar-refractivity contribution in [3.05, 3.63) is 42.4 Å². The fourth-order valence-corrected chi connectivity index (χ4v) is 1.25. The van der Waals surface area contributed by atoms with E-state index in [2.05, 4.69) is 5.32 Å². The van der Waals surface area contributed by atoms with Gasteiger partial charge in [0, 0.05) is 6.07 Å². The van der Waals surface area contributed by atoms with Gasteiger partial charge in [-0.25, -0.2) is 0 Å². The molecule has 0 saturated heterocycles. The SMILES string of the molecule is Nc1cc(O)ccc1NC(=O)c1ccoc1. The Morgan fingerprint density at radius 2 is 2.19 bits per heavy atom. The van der Waals surface area contributed by atoms with Crippen LogP contribution in [0.25, 0.3) is 0 Å². The molecule has 2 rings (SSSR count). The maximum absolute atomic E-state index is 11.6. The van der Waals surface area contributed by atoms with E-state index in [4.69, 9.17) is 15.3 Å². The molecular formula is C11H10N2O3. The minimum Gasteiger partial charge on any atom is -0.508 e. The van der Waals surface area contributed by atoms with Gasteiger partial charge in [-0.05, 0) is 18.2 Å². The van der Waals surface area contributed by atoms with Crippen LogP contribution in [0, 0.1) is 0 Å². The first-order chi connectivity index (χ1) is 7.66. The molecule has 0 fully saturated rings. The molecule has 5 nitrogen and oxygen atoms in total. The van der Waals surface area contributed by atoms with E-state index in [-0.39, 0.29) is 11.7 Å². The molecule has 82 valence electrons. The molecule has 0 radical (unpaired) electrons. The third-order valence-corrected chi connectivity index (χ3v) is 2.07. The molecule has 4 N–H and O–H groups in total. The van der Waals surface area contributed by atoms with Crippen LogP contribution in [0.4, 0.5) is 11.4 Å². The van der Waals surface area contributed by atoms with E-state index in [0.29, 0.717) is 16.9 Å². The number of aromatic hydroxyl groups is 1. The number of hydrogen-bond donors (Lipinski definition) is 3. The van der Waals surface area contributed by atoms with E-state index >= 15 is 0 Å². The van der Waals surface area contributed by atoms with Gasteiger partial charge >= 0.3 is 0 Å². The van der Waals surface area contributed by atoms with Crippen LogP contribution in [0.5, 0.6) is 5.75 Å². The number of nitrogens with one attached hydrogen (secondary N) is 1. The van der Waals surface area contributed by atoms with Gasteiger partial charge in [-0.2, -0.15) is 0 Å². The van der Waals surface area contributed by atoms with Gasteiger partial charge in [-0.15, -0.1) is 0 Å². The first-order valence-electron chi connectivity index (χ1n) is 4.59. The highest BCUT2D eigenvalue weighted by Gasteiger charge is 2.09. The Kier molecular flexibility index (Phi) is 2.51. The van der Waals surface area contributed by atoms with Crippen LogP contribution < -0.4 is 11.1 Å². The molecule has 0 aliphatic rings. The monoisotopic (exact) mass is 218 g/mol. The summed E-state index contributed by atoms with van der Waals surface area (Å²) in [6, 6.07) is 5.89. The van der Waals surface area contributed by atoms with Gasteiger partial charge in [-0.3, -0.25) is 4.79 Å². The van der Waals surface area contributed by atoms with Gasteiger partial charge in [0.2, 0.25) is 0 Å². The molecule has 5 heteroatoms. The Bertz CT molecular complexity index is 506. The number of nitrogen functional groups attached to an aromatic ring is 1. The molecule has 0 atom stereocenters. The van der Waals surface area contributed by atoms with Crippen molar-refractivity contribution in [1.82, 2.24) is 0 Å². The summed E-state index contributed by atoms with van der Waals surface area (Å²) >= 11 is 0. The number of anilines is 2. The second-order valence-electron chi connectivity index (χ2n) is 3.24. The zero-order valence-electron chi connectivity index (χ0n) is 8.31. The number of amides is 1. The standard InChI is InChI=1S/C11H10N2O3/c12-9-5-8(14)1-2-10(9)13-11(15)7-3-4-16-6-7/h1-6,14H,12H2,(H,13,15). The van der Waals surface area contributed by atoms with Gasteiger partial charge in [0.1, 0.15) is 12.0 Å². The summed E-state index contributed by atoms with van der Waals surface area (Å²) in [7, 11) is 0. The number of furan rings is 1. The quantitative estimate of drug-likeness (QED) is 0.530. The number of hydrogen-bond acceptors (Lipinski definition) is 4. The molecule has 1 heterocycles. The zero-order valence-corrected chi connectivity index (χ0v) is 8.31. The molecule has 16 heavy (non-hydrogen) atoms. The first-order valence-corrected chi connectivity index (χ1v) is 4.59. The highest BCUT2D eigenvalue weighted by atomic mass is 16.3. The van der Waals surface area contributed by atoms with Crippen molar-refractivity contribution in [2.75, 3.05) is 11.1 Å². The Labute approximate surface area is 91.5 Å². The van der Waals surface area contributed by atoms with Crippen molar-refractivity contribution in [2.45, 2.75) is 0 Å². The van der Waals surface area contributed by atoms with Crippen molar-refractivity contribution in [1.29, 1.82) is 0 Å². The minimum atomic E-state index is -0.314. The summed E-state index contributed by atoms with van der Waals surface area (Å²) in [5.41, 5.74) is 6.79. The average molecular weight is 218 g/mol. The molecule has 1 aromatic heterocycles. The van der Waals surface area contributed by atoms with Crippen LogP contribution in [-0.2, 0) is 0 Å². The predicted molar refractivity (Wildman–Crippen MR) is 59.2 cm³/mol. The summed E-state index contributed by atoms with van der Waals surface area (Å²) in [6.07, 6.45) is 2.75. The second kappa shape index (κ2) is 3.98. The van der Waals surface area contributed by atoms with Gasteiger partial charge in [-0.1, -0.05) is 0 Å². The number of carbonyl (C=O) groups excluding carboxylic acids is 1. The fourth-order valence-electron chi connectivity index (χ4n) is 1.25. The lowest BCUT2D eigenvalue weighted by Gasteiger charge is -2.06. The summed E-state index contributed by atoms with van der Waals surface area (Å²) in [4.78, 5) is 11.6. The summed E-state index contributed by atoms with van der Waals surface area (Å²) in [6.45, 7) is 0. The number of phenols is 1. The number of nitrogens with two attached hydrogens (primary N) is 1. The molecule has 0 aliphatic heterocycles. The molecule has 2 aromatic rings. The molecule has 0 aliphatic carbocycles. The lowest BCUT2D eigenvalue weighted by atomic mass is 10.2. The smallest absolute Gasteiger partial charge is 0.258 e. The summed E-state index contributed by atoms with van der Waals surface area (Å²) < 4.78 is 4.79. The van der Waals surface area contributed by atoms with Crippen LogP contribution in [0.2, 0.25) is 0 Å². The van der Waals surface area contributed by atoms with E-state index in [1.807, 2.05) is 0 Å². The lowest BCUT2D eigenvalue weighted by molar-refractivity contribution is 0.102. The Balaban J connectivity index is 2.18. The Morgan fingerprint density at radius 3 is 2.81 bits per heavy atom. The van der Waals surface area contributed by atoms with E-state index in [1.54, 1.807) is 6.07 Å². The van der Waals surface area contributed by atoms with Crippen molar-refractivity contribution < 1.29 is 14.3 Å². The Hall–Kier alpha value is -2.43. The van der Waals surface area contributed by atoms with Crippen molar-refractivity contribution >= 4 is 17.3 Å². The maximum atomic E-state index is 11.6. The molecule has 0 spiro atoms. The van der Waals surface area contributed by atoms with Crippen LogP contribution in [0.15, 0.2) is 41.2 Å². The van der Waals surface area contributed by atoms with Gasteiger partial charge < -0.3 is 20.6 Å². The lowest BCUT2D eigenvalue weighted by Crippen LogP contribution is -2.12. The van der Waals surface area contributed by atoms with Crippen LogP contribution in [0.1, 0.15) is 10.4 Å². The number of benzene rings is 1. The molecule has 0 bridgehead atoms. The van der Waals surface area contributed by atoms with Gasteiger partial charge in [0.15, 0.2) is 0 Å². The van der Waals surface area contributed by atoms with Gasteiger partial charge in [0.05, 0.1) is 23.2 Å². The highest BCUT2D eigenvalue weighted by molar-refractivity contribution is 6.05. The second-order valence-corrected chi connectivity index (χ2v) is 3.24. The Morgan fingerprint density at radius 1 is 1.38 bits per heavy atom. The normalized spacial score (nSPS) is 10.0. The number of phenolic OH excluding ortho intramolecular Hbond substituents is 1. The first kappa shape index (κ1) is 10.1. The molecule has 0 saturated carbocycles. The largest absolute Gasteiger partial charge is 0.508 e. The van der Waals surface area contributed by atoms with E-state index < -0.39 is 0 Å². The minimum absolute atomic E-state index is 0.0545. The molecular weight excluding hydrogens is 208 g/mol. The van der Waals surface area contributed by atoms with Gasteiger partial charge in [0.25, 0.3) is 5.91 Å². The topological polar surface area (TPSA) is 88.5 Å².